The molecule has 1 aliphatic rings. The lowest BCUT2D eigenvalue weighted by atomic mass is 9.79. The van der Waals surface area contributed by atoms with Gasteiger partial charge >= 0.3 is 11.9 Å². The molecule has 0 aromatic heterocycles. The van der Waals surface area contributed by atoms with Crippen molar-refractivity contribution in [3.8, 4) is 0 Å². The maximum absolute atomic E-state index is 11.2. The Kier molecular flexibility index (Phi) is 2.43. The molecule has 0 aromatic rings. The fraction of sp³-hybridized carbons (Fsp3) is 0.778. The molecular formula is C9H14O4. The van der Waals surface area contributed by atoms with Crippen LogP contribution in [-0.2, 0) is 14.3 Å². The topological polar surface area (TPSA) is 63.6 Å². The lowest BCUT2D eigenvalue weighted by Crippen LogP contribution is -2.46. The number of aliphatic hydroxyl groups is 1. The van der Waals surface area contributed by atoms with Crippen molar-refractivity contribution in [1.82, 2.24) is 0 Å². The summed E-state index contributed by atoms with van der Waals surface area (Å²) in [5.41, 5.74) is -1.62. The number of cyclic esters (lactones) is 2. The highest BCUT2D eigenvalue weighted by Crippen LogP contribution is 2.36. The summed E-state index contributed by atoms with van der Waals surface area (Å²) < 4.78 is 4.41. The van der Waals surface area contributed by atoms with Crippen LogP contribution in [0.4, 0.5) is 0 Å². The van der Waals surface area contributed by atoms with Crippen molar-refractivity contribution in [3.05, 3.63) is 0 Å². The van der Waals surface area contributed by atoms with Crippen LogP contribution in [0.25, 0.3) is 0 Å². The maximum Gasteiger partial charge on any atom is 0.346 e. The van der Waals surface area contributed by atoms with Crippen molar-refractivity contribution in [2.24, 2.45) is 11.8 Å². The van der Waals surface area contributed by atoms with E-state index in [1.54, 1.807) is 20.8 Å². The zero-order valence-electron chi connectivity index (χ0n) is 8.03. The predicted octanol–water partition coefficient (Wildman–Crippen LogP) is 0.483. The Morgan fingerprint density at radius 3 is 2.38 bits per heavy atom. The monoisotopic (exact) mass is 186 g/mol. The van der Waals surface area contributed by atoms with Gasteiger partial charge in [0.05, 0.1) is 5.92 Å². The summed E-state index contributed by atoms with van der Waals surface area (Å²) >= 11 is 0. The van der Waals surface area contributed by atoms with Crippen LogP contribution in [-0.4, -0.2) is 22.6 Å². The summed E-state index contributed by atoms with van der Waals surface area (Å²) in [7, 11) is 0. The molecule has 2 atom stereocenters. The molecule has 1 aliphatic heterocycles. The largest absolute Gasteiger partial charge is 0.391 e. The first-order chi connectivity index (χ1) is 5.94. The first-order valence-corrected chi connectivity index (χ1v) is 4.43. The van der Waals surface area contributed by atoms with Gasteiger partial charge in [-0.1, -0.05) is 20.8 Å². The van der Waals surface area contributed by atoms with Gasteiger partial charge in [0.2, 0.25) is 0 Å². The Morgan fingerprint density at radius 1 is 1.54 bits per heavy atom. The van der Waals surface area contributed by atoms with Crippen LogP contribution in [0.15, 0.2) is 0 Å². The van der Waals surface area contributed by atoms with Gasteiger partial charge < -0.3 is 9.84 Å². The Morgan fingerprint density at radius 2 is 2.08 bits per heavy atom. The van der Waals surface area contributed by atoms with E-state index in [0.717, 1.165) is 0 Å². The molecule has 4 heteroatoms. The van der Waals surface area contributed by atoms with E-state index < -0.39 is 23.5 Å². The molecule has 13 heavy (non-hydrogen) atoms. The number of carbonyl (C=O) groups excluding carboxylic acids is 2. The first-order valence-electron chi connectivity index (χ1n) is 4.43. The number of carbonyl (C=O) groups is 2. The second kappa shape index (κ2) is 3.10. The van der Waals surface area contributed by atoms with Gasteiger partial charge in [0.15, 0.2) is 5.60 Å². The highest BCUT2D eigenvalue weighted by atomic mass is 16.6. The van der Waals surface area contributed by atoms with Crippen LogP contribution in [0, 0.1) is 11.8 Å². The van der Waals surface area contributed by atoms with Crippen molar-refractivity contribution in [3.63, 3.8) is 0 Å². The number of esters is 2. The summed E-state index contributed by atoms with van der Waals surface area (Å²) in [6.07, 6.45) is 0.416. The summed E-state index contributed by atoms with van der Waals surface area (Å²) in [4.78, 5) is 22.4. The van der Waals surface area contributed by atoms with E-state index in [4.69, 9.17) is 0 Å². The zero-order chi connectivity index (χ0) is 10.2. The molecule has 0 radical (unpaired) electrons. The third-order valence-electron chi connectivity index (χ3n) is 2.62. The summed E-state index contributed by atoms with van der Waals surface area (Å²) in [5.74, 6) is -2.43. The lowest BCUT2D eigenvalue weighted by Gasteiger charge is -2.26. The van der Waals surface area contributed by atoms with Gasteiger partial charge in [-0.25, -0.2) is 4.79 Å². The van der Waals surface area contributed by atoms with Crippen molar-refractivity contribution in [1.29, 1.82) is 0 Å². The van der Waals surface area contributed by atoms with Crippen LogP contribution >= 0.6 is 0 Å². The SMILES string of the molecule is CCC1C(=O)OC(=O)C1(O)C(C)C. The molecule has 1 saturated heterocycles. The standard InChI is InChI=1S/C9H14O4/c1-4-6-7(10)13-8(11)9(6,12)5(2)3/h5-6,12H,4H2,1-3H3. The van der Waals surface area contributed by atoms with Crippen molar-refractivity contribution < 1.29 is 19.4 Å². The molecule has 0 spiro atoms. The lowest BCUT2D eigenvalue weighted by molar-refractivity contribution is -0.161. The van der Waals surface area contributed by atoms with Crippen molar-refractivity contribution in [2.45, 2.75) is 32.8 Å². The van der Waals surface area contributed by atoms with Gasteiger partial charge in [-0.05, 0) is 12.3 Å². The van der Waals surface area contributed by atoms with Crippen LogP contribution in [0.1, 0.15) is 27.2 Å². The quantitative estimate of drug-likeness (QED) is 0.503. The Bertz CT molecular complexity index is 246. The van der Waals surface area contributed by atoms with E-state index in [1.807, 2.05) is 0 Å². The minimum Gasteiger partial charge on any atom is -0.391 e. The van der Waals surface area contributed by atoms with Crippen LogP contribution in [0.2, 0.25) is 0 Å². The normalized spacial score (nSPS) is 34.1. The van der Waals surface area contributed by atoms with Gasteiger partial charge in [-0.15, -0.1) is 0 Å². The minimum absolute atomic E-state index is 0.309. The van der Waals surface area contributed by atoms with E-state index in [-0.39, 0.29) is 5.92 Å². The van der Waals surface area contributed by atoms with Gasteiger partial charge in [0.1, 0.15) is 0 Å². The highest BCUT2D eigenvalue weighted by molar-refractivity contribution is 6.01. The van der Waals surface area contributed by atoms with Crippen LogP contribution in [0.5, 0.6) is 0 Å². The average molecular weight is 186 g/mol. The zero-order valence-corrected chi connectivity index (χ0v) is 8.03. The second-order valence-corrected chi connectivity index (χ2v) is 3.65. The smallest absolute Gasteiger partial charge is 0.346 e. The molecule has 2 unspecified atom stereocenters. The van der Waals surface area contributed by atoms with E-state index in [1.165, 1.54) is 0 Å². The molecule has 0 saturated carbocycles. The molecule has 1 N–H and O–H groups in total. The fourth-order valence-corrected chi connectivity index (χ4v) is 1.68. The van der Waals surface area contributed by atoms with Gasteiger partial charge in [0.25, 0.3) is 0 Å². The van der Waals surface area contributed by atoms with E-state index >= 15 is 0 Å². The highest BCUT2D eigenvalue weighted by Gasteiger charge is 2.57. The Balaban J connectivity index is 3.05. The van der Waals surface area contributed by atoms with Crippen molar-refractivity contribution >= 4 is 11.9 Å². The van der Waals surface area contributed by atoms with E-state index in [2.05, 4.69) is 4.74 Å². The van der Waals surface area contributed by atoms with Gasteiger partial charge in [0, 0.05) is 0 Å². The molecule has 0 aromatic carbocycles. The molecule has 0 amide bonds. The first kappa shape index (κ1) is 10.2. The number of ether oxygens (including phenoxy) is 1. The molecule has 1 fully saturated rings. The Labute approximate surface area is 76.9 Å². The summed E-state index contributed by atoms with van der Waals surface area (Å²) in [6, 6.07) is 0. The summed E-state index contributed by atoms with van der Waals surface area (Å²) in [5, 5.41) is 9.97. The number of hydrogen-bond acceptors (Lipinski definition) is 4. The minimum atomic E-state index is -1.62. The molecular weight excluding hydrogens is 172 g/mol. The fourth-order valence-electron chi connectivity index (χ4n) is 1.68. The third-order valence-corrected chi connectivity index (χ3v) is 2.62. The Hall–Kier alpha value is -0.900. The molecule has 0 bridgehead atoms. The van der Waals surface area contributed by atoms with Crippen molar-refractivity contribution in [2.75, 3.05) is 0 Å². The number of hydrogen-bond donors (Lipinski definition) is 1. The summed E-state index contributed by atoms with van der Waals surface area (Å²) in [6.45, 7) is 5.14. The van der Waals surface area contributed by atoms with Crippen LogP contribution in [0.3, 0.4) is 0 Å². The van der Waals surface area contributed by atoms with Gasteiger partial charge in [-0.3, -0.25) is 4.79 Å². The van der Waals surface area contributed by atoms with Crippen LogP contribution < -0.4 is 0 Å². The molecule has 0 aliphatic carbocycles. The van der Waals surface area contributed by atoms with E-state index in [9.17, 15) is 14.7 Å². The third kappa shape index (κ3) is 1.25. The molecule has 1 rings (SSSR count). The average Bonchev–Trinajstić information content (AvgIpc) is 2.24. The molecule has 74 valence electrons. The van der Waals surface area contributed by atoms with E-state index in [0.29, 0.717) is 6.42 Å². The molecule has 4 nitrogen and oxygen atoms in total. The molecule has 1 heterocycles. The predicted molar refractivity (Wildman–Crippen MR) is 44.7 cm³/mol. The van der Waals surface area contributed by atoms with Gasteiger partial charge in [-0.2, -0.15) is 0 Å². The second-order valence-electron chi connectivity index (χ2n) is 3.65. The number of rotatable bonds is 2. The maximum atomic E-state index is 11.2.